The molecule has 4 rings (SSSR count). The molecule has 7 heteroatoms. The summed E-state index contributed by atoms with van der Waals surface area (Å²) in [6.45, 7) is 0.799. The van der Waals surface area contributed by atoms with E-state index in [9.17, 15) is 4.79 Å². The number of likely N-dealkylation sites (N-methyl/N-ethyl adjacent to an activating group) is 1. The van der Waals surface area contributed by atoms with Gasteiger partial charge in [0.15, 0.2) is 0 Å². The number of hydrogen-bond donors (Lipinski definition) is 1. The molecule has 2 aliphatic rings. The Labute approximate surface area is 153 Å². The van der Waals surface area contributed by atoms with Crippen molar-refractivity contribution in [2.24, 2.45) is 5.92 Å². The van der Waals surface area contributed by atoms with Crippen molar-refractivity contribution in [1.29, 1.82) is 0 Å². The highest BCUT2D eigenvalue weighted by atomic mass is 16.5. The largest absolute Gasteiger partial charge is 0.352 e. The first-order valence-electron chi connectivity index (χ1n) is 9.45. The van der Waals surface area contributed by atoms with Crippen LogP contribution in [-0.4, -0.2) is 45.6 Å². The fraction of sp³-hybridized carbons (Fsp3) is 0.579. The lowest BCUT2D eigenvalue weighted by Crippen LogP contribution is -2.40. The molecule has 3 heterocycles. The Balaban J connectivity index is 1.39. The fourth-order valence-corrected chi connectivity index (χ4v) is 4.06. The summed E-state index contributed by atoms with van der Waals surface area (Å²) in [4.78, 5) is 23.3. The minimum atomic E-state index is 0.0320. The first kappa shape index (κ1) is 17.1. The Morgan fingerprint density at radius 2 is 2.15 bits per heavy atom. The third-order valence-corrected chi connectivity index (χ3v) is 5.52. The lowest BCUT2D eigenvalue weighted by molar-refractivity contribution is -0.126. The number of amides is 1. The zero-order chi connectivity index (χ0) is 17.9. The average molecular weight is 355 g/mol. The Hall–Kier alpha value is -2.28. The second-order valence-corrected chi connectivity index (χ2v) is 7.43. The molecule has 0 spiro atoms. The standard InChI is InChI=1S/C19H25N5O2/c1-24-12-15(21-18(25)13-6-3-2-4-7-13)10-16(24)19-22-17(23-26-19)14-8-5-9-20-11-14/h5,8-9,11,13,15-16H,2-4,6-7,10,12H2,1H3,(H,21,25)/t15-,16-/m0/s1. The van der Waals surface area contributed by atoms with E-state index in [1.54, 1.807) is 12.4 Å². The van der Waals surface area contributed by atoms with E-state index in [-0.39, 0.29) is 23.9 Å². The summed E-state index contributed by atoms with van der Waals surface area (Å²) < 4.78 is 5.50. The Kier molecular flexibility index (Phi) is 4.97. The summed E-state index contributed by atoms with van der Waals surface area (Å²) in [5.74, 6) is 1.55. The molecule has 2 aromatic heterocycles. The second kappa shape index (κ2) is 7.53. The number of carbonyl (C=O) groups is 1. The molecule has 0 bridgehead atoms. The van der Waals surface area contributed by atoms with Crippen LogP contribution >= 0.6 is 0 Å². The van der Waals surface area contributed by atoms with Crippen LogP contribution in [0.4, 0.5) is 0 Å². The molecular formula is C19H25N5O2. The van der Waals surface area contributed by atoms with Gasteiger partial charge in [-0.3, -0.25) is 14.7 Å². The van der Waals surface area contributed by atoms with Crippen LogP contribution in [0.1, 0.15) is 50.5 Å². The average Bonchev–Trinajstić information content (AvgIpc) is 3.30. The predicted octanol–water partition coefficient (Wildman–Crippen LogP) is 2.57. The third-order valence-electron chi connectivity index (χ3n) is 5.52. The van der Waals surface area contributed by atoms with E-state index in [4.69, 9.17) is 4.52 Å². The van der Waals surface area contributed by atoms with Gasteiger partial charge in [-0.1, -0.05) is 24.4 Å². The van der Waals surface area contributed by atoms with Crippen molar-refractivity contribution in [2.75, 3.05) is 13.6 Å². The molecule has 2 fully saturated rings. The number of rotatable bonds is 4. The quantitative estimate of drug-likeness (QED) is 0.907. The van der Waals surface area contributed by atoms with Crippen LogP contribution in [-0.2, 0) is 4.79 Å². The van der Waals surface area contributed by atoms with Gasteiger partial charge in [0.1, 0.15) is 0 Å². The van der Waals surface area contributed by atoms with Crippen molar-refractivity contribution in [2.45, 2.75) is 50.6 Å². The molecule has 1 saturated carbocycles. The summed E-state index contributed by atoms with van der Waals surface area (Å²) in [5, 5.41) is 7.32. The lowest BCUT2D eigenvalue weighted by atomic mass is 9.88. The Morgan fingerprint density at radius 3 is 2.92 bits per heavy atom. The number of hydrogen-bond acceptors (Lipinski definition) is 6. The summed E-state index contributed by atoms with van der Waals surface area (Å²) in [6, 6.07) is 3.93. The molecule has 7 nitrogen and oxygen atoms in total. The molecule has 2 atom stereocenters. The van der Waals surface area contributed by atoms with Crippen LogP contribution < -0.4 is 5.32 Å². The maximum atomic E-state index is 12.5. The number of pyridine rings is 1. The number of nitrogens with zero attached hydrogens (tertiary/aromatic N) is 4. The normalized spacial score (nSPS) is 24.7. The molecule has 2 aromatic rings. The monoisotopic (exact) mass is 355 g/mol. The molecule has 0 unspecified atom stereocenters. The van der Waals surface area contributed by atoms with Gasteiger partial charge in [0.05, 0.1) is 6.04 Å². The minimum absolute atomic E-state index is 0.0320. The van der Waals surface area contributed by atoms with Crippen molar-refractivity contribution in [3.8, 4) is 11.4 Å². The first-order chi connectivity index (χ1) is 12.7. The topological polar surface area (TPSA) is 84.2 Å². The second-order valence-electron chi connectivity index (χ2n) is 7.43. The molecule has 1 N–H and O–H groups in total. The number of aromatic nitrogens is 3. The van der Waals surface area contributed by atoms with Gasteiger partial charge in [-0.05, 0) is 38.4 Å². The summed E-state index contributed by atoms with van der Waals surface area (Å²) in [5.41, 5.74) is 0.838. The third kappa shape index (κ3) is 3.62. The van der Waals surface area contributed by atoms with E-state index < -0.39 is 0 Å². The van der Waals surface area contributed by atoms with Crippen molar-refractivity contribution in [3.05, 3.63) is 30.4 Å². The maximum Gasteiger partial charge on any atom is 0.244 e. The zero-order valence-corrected chi connectivity index (χ0v) is 15.1. The van der Waals surface area contributed by atoms with Crippen LogP contribution in [0.5, 0.6) is 0 Å². The molecule has 1 aliphatic carbocycles. The van der Waals surface area contributed by atoms with E-state index in [1.807, 2.05) is 19.2 Å². The van der Waals surface area contributed by atoms with Gasteiger partial charge < -0.3 is 9.84 Å². The van der Waals surface area contributed by atoms with Crippen LogP contribution in [0, 0.1) is 5.92 Å². The van der Waals surface area contributed by atoms with Crippen LogP contribution in [0.3, 0.4) is 0 Å². The lowest BCUT2D eigenvalue weighted by Gasteiger charge is -2.22. The molecule has 26 heavy (non-hydrogen) atoms. The molecule has 1 aliphatic heterocycles. The Morgan fingerprint density at radius 1 is 1.31 bits per heavy atom. The molecular weight excluding hydrogens is 330 g/mol. The van der Waals surface area contributed by atoms with E-state index in [0.29, 0.717) is 11.7 Å². The minimum Gasteiger partial charge on any atom is -0.352 e. The highest BCUT2D eigenvalue weighted by Crippen LogP contribution is 2.31. The number of nitrogens with one attached hydrogen (secondary N) is 1. The molecule has 0 aromatic carbocycles. The van der Waals surface area contributed by atoms with E-state index in [1.165, 1.54) is 19.3 Å². The van der Waals surface area contributed by atoms with Gasteiger partial charge in [-0.25, -0.2) is 0 Å². The molecule has 1 amide bonds. The van der Waals surface area contributed by atoms with Gasteiger partial charge in [0.2, 0.25) is 17.6 Å². The van der Waals surface area contributed by atoms with Crippen molar-refractivity contribution in [1.82, 2.24) is 25.3 Å². The molecule has 1 saturated heterocycles. The highest BCUT2D eigenvalue weighted by molar-refractivity contribution is 5.79. The predicted molar refractivity (Wildman–Crippen MR) is 96.0 cm³/mol. The van der Waals surface area contributed by atoms with E-state index >= 15 is 0 Å². The van der Waals surface area contributed by atoms with Gasteiger partial charge >= 0.3 is 0 Å². The summed E-state index contributed by atoms with van der Waals surface area (Å²) in [7, 11) is 2.03. The summed E-state index contributed by atoms with van der Waals surface area (Å²) >= 11 is 0. The smallest absolute Gasteiger partial charge is 0.244 e. The van der Waals surface area contributed by atoms with E-state index in [0.717, 1.165) is 31.4 Å². The van der Waals surface area contributed by atoms with Gasteiger partial charge in [0.25, 0.3) is 0 Å². The van der Waals surface area contributed by atoms with E-state index in [2.05, 4.69) is 25.3 Å². The van der Waals surface area contributed by atoms with Crippen LogP contribution in [0.25, 0.3) is 11.4 Å². The van der Waals surface area contributed by atoms with Gasteiger partial charge in [-0.15, -0.1) is 0 Å². The van der Waals surface area contributed by atoms with Crippen molar-refractivity contribution >= 4 is 5.91 Å². The number of likely N-dealkylation sites (tertiary alicyclic amines) is 1. The zero-order valence-electron chi connectivity index (χ0n) is 15.1. The fourth-order valence-electron chi connectivity index (χ4n) is 4.06. The number of carbonyl (C=O) groups excluding carboxylic acids is 1. The highest BCUT2D eigenvalue weighted by Gasteiger charge is 2.36. The van der Waals surface area contributed by atoms with Crippen molar-refractivity contribution in [3.63, 3.8) is 0 Å². The molecule has 138 valence electrons. The van der Waals surface area contributed by atoms with Crippen molar-refractivity contribution < 1.29 is 9.32 Å². The van der Waals surface area contributed by atoms with Crippen LogP contribution in [0.15, 0.2) is 29.0 Å². The molecule has 0 radical (unpaired) electrons. The SMILES string of the molecule is CN1C[C@@H](NC(=O)C2CCCCC2)C[C@H]1c1nc(-c2cccnc2)no1. The maximum absolute atomic E-state index is 12.5. The first-order valence-corrected chi connectivity index (χ1v) is 9.45. The Bertz CT molecular complexity index is 741. The summed E-state index contributed by atoms with van der Waals surface area (Å²) in [6.07, 6.45) is 9.88. The van der Waals surface area contributed by atoms with Crippen LogP contribution in [0.2, 0.25) is 0 Å². The van der Waals surface area contributed by atoms with Gasteiger partial charge in [0, 0.05) is 36.5 Å². The van der Waals surface area contributed by atoms with Gasteiger partial charge in [-0.2, -0.15) is 4.98 Å².